The zero-order chi connectivity index (χ0) is 17.1. The van der Waals surface area contributed by atoms with Crippen molar-refractivity contribution in [1.82, 2.24) is 24.6 Å². The fraction of sp³-hybridized carbons (Fsp3) is 0.625. The van der Waals surface area contributed by atoms with Gasteiger partial charge in [0.25, 0.3) is 0 Å². The SMILES string of the molecule is CC(C)n1ccnc1C1CCN([C@@H](C)C(=O)Nc2nncs2)CC1. The van der Waals surface area contributed by atoms with Crippen LogP contribution in [0.1, 0.15) is 51.4 Å². The topological polar surface area (TPSA) is 75.9 Å². The van der Waals surface area contributed by atoms with Gasteiger partial charge in [-0.25, -0.2) is 4.98 Å². The summed E-state index contributed by atoms with van der Waals surface area (Å²) in [5.74, 6) is 1.63. The average molecular weight is 348 g/mol. The van der Waals surface area contributed by atoms with Gasteiger partial charge >= 0.3 is 0 Å². The van der Waals surface area contributed by atoms with Crippen LogP contribution in [0.2, 0.25) is 0 Å². The second-order valence-electron chi connectivity index (χ2n) is 6.51. The maximum atomic E-state index is 12.3. The van der Waals surface area contributed by atoms with Crippen molar-refractivity contribution in [3.05, 3.63) is 23.7 Å². The monoisotopic (exact) mass is 348 g/mol. The average Bonchev–Trinajstić information content (AvgIpc) is 3.25. The zero-order valence-corrected chi connectivity index (χ0v) is 15.2. The number of rotatable bonds is 5. The molecular formula is C16H24N6OS. The number of imidazole rings is 1. The third-order valence-corrected chi connectivity index (χ3v) is 5.27. The second-order valence-corrected chi connectivity index (χ2v) is 7.34. The highest BCUT2D eigenvalue weighted by Crippen LogP contribution is 2.29. The summed E-state index contributed by atoms with van der Waals surface area (Å²) in [6.45, 7) is 8.12. The number of nitrogens with one attached hydrogen (secondary N) is 1. The lowest BCUT2D eigenvalue weighted by Crippen LogP contribution is -2.46. The van der Waals surface area contributed by atoms with Gasteiger partial charge in [0.1, 0.15) is 11.3 Å². The molecule has 3 rings (SSSR count). The minimum absolute atomic E-state index is 0.0196. The number of likely N-dealkylation sites (tertiary alicyclic amines) is 1. The molecule has 3 heterocycles. The van der Waals surface area contributed by atoms with E-state index in [1.54, 1.807) is 5.51 Å². The predicted molar refractivity (Wildman–Crippen MR) is 94.2 cm³/mol. The lowest BCUT2D eigenvalue weighted by Gasteiger charge is -2.35. The van der Waals surface area contributed by atoms with Crippen molar-refractivity contribution in [2.24, 2.45) is 0 Å². The van der Waals surface area contributed by atoms with Crippen LogP contribution >= 0.6 is 11.3 Å². The number of aromatic nitrogens is 4. The van der Waals surface area contributed by atoms with Crippen molar-refractivity contribution < 1.29 is 4.79 Å². The standard InChI is InChI=1S/C16H24N6OS/c1-11(2)22-9-6-17-14(22)13-4-7-21(8-5-13)12(3)15(23)19-16-20-18-10-24-16/h6,9-13H,4-5,7-8H2,1-3H3,(H,19,20,23)/t12-/m0/s1. The predicted octanol–water partition coefficient (Wildman–Crippen LogP) is 2.52. The molecule has 0 aromatic carbocycles. The first-order valence-electron chi connectivity index (χ1n) is 8.40. The van der Waals surface area contributed by atoms with Gasteiger partial charge in [-0.3, -0.25) is 15.0 Å². The molecule has 2 aromatic rings. The van der Waals surface area contributed by atoms with Gasteiger partial charge < -0.3 is 4.57 Å². The van der Waals surface area contributed by atoms with Gasteiger partial charge in [-0.1, -0.05) is 11.3 Å². The number of amides is 1. The van der Waals surface area contributed by atoms with Crippen molar-refractivity contribution in [2.45, 2.75) is 51.6 Å². The molecular weight excluding hydrogens is 324 g/mol. The molecule has 1 saturated heterocycles. The number of carbonyl (C=O) groups excluding carboxylic acids is 1. The van der Waals surface area contributed by atoms with Gasteiger partial charge in [-0.15, -0.1) is 10.2 Å². The lowest BCUT2D eigenvalue weighted by atomic mass is 9.94. The van der Waals surface area contributed by atoms with E-state index in [4.69, 9.17) is 0 Å². The highest BCUT2D eigenvalue weighted by atomic mass is 32.1. The van der Waals surface area contributed by atoms with E-state index in [2.05, 4.69) is 50.0 Å². The molecule has 0 spiro atoms. The largest absolute Gasteiger partial charge is 0.332 e. The normalized spacial score (nSPS) is 18.0. The van der Waals surface area contributed by atoms with Gasteiger partial charge in [0.15, 0.2) is 0 Å². The summed E-state index contributed by atoms with van der Waals surface area (Å²) in [5, 5.41) is 11.0. The number of carbonyl (C=O) groups is 1. The Morgan fingerprint density at radius 2 is 2.08 bits per heavy atom. The Morgan fingerprint density at radius 3 is 2.71 bits per heavy atom. The van der Waals surface area contributed by atoms with Crippen LogP contribution in [0.3, 0.4) is 0 Å². The smallest absolute Gasteiger partial charge is 0.243 e. The van der Waals surface area contributed by atoms with E-state index in [1.807, 2.05) is 13.1 Å². The van der Waals surface area contributed by atoms with E-state index in [0.29, 0.717) is 17.1 Å². The molecule has 1 aliphatic heterocycles. The van der Waals surface area contributed by atoms with E-state index in [9.17, 15) is 4.79 Å². The van der Waals surface area contributed by atoms with Crippen molar-refractivity contribution >= 4 is 22.4 Å². The Balaban J connectivity index is 1.56. The Bertz CT molecular complexity index is 660. The third kappa shape index (κ3) is 3.64. The fourth-order valence-electron chi connectivity index (χ4n) is 3.23. The van der Waals surface area contributed by atoms with Gasteiger partial charge in [0, 0.05) is 24.4 Å². The van der Waals surface area contributed by atoms with Crippen LogP contribution in [0.4, 0.5) is 5.13 Å². The molecule has 2 aromatic heterocycles. The Labute approximate surface area is 146 Å². The van der Waals surface area contributed by atoms with Crippen LogP contribution in [0.15, 0.2) is 17.9 Å². The molecule has 1 atom stereocenters. The third-order valence-electron chi connectivity index (χ3n) is 4.67. The molecule has 7 nitrogen and oxygen atoms in total. The first-order chi connectivity index (χ1) is 11.6. The molecule has 0 aliphatic carbocycles. The van der Waals surface area contributed by atoms with E-state index >= 15 is 0 Å². The summed E-state index contributed by atoms with van der Waals surface area (Å²) >= 11 is 1.33. The minimum Gasteiger partial charge on any atom is -0.332 e. The minimum atomic E-state index is -0.167. The molecule has 1 aliphatic rings. The molecule has 1 amide bonds. The van der Waals surface area contributed by atoms with Gasteiger partial charge in [0.05, 0.1) is 6.04 Å². The molecule has 24 heavy (non-hydrogen) atoms. The first-order valence-corrected chi connectivity index (χ1v) is 9.28. The van der Waals surface area contributed by atoms with Gasteiger partial charge in [-0.05, 0) is 46.7 Å². The van der Waals surface area contributed by atoms with E-state index in [1.165, 1.54) is 17.2 Å². The molecule has 1 fully saturated rings. The summed E-state index contributed by atoms with van der Waals surface area (Å²) in [5.41, 5.74) is 1.61. The highest BCUT2D eigenvalue weighted by molar-refractivity contribution is 7.13. The van der Waals surface area contributed by atoms with Crippen molar-refractivity contribution in [2.75, 3.05) is 18.4 Å². The highest BCUT2D eigenvalue weighted by Gasteiger charge is 2.29. The molecule has 0 unspecified atom stereocenters. The summed E-state index contributed by atoms with van der Waals surface area (Å²) in [7, 11) is 0. The van der Waals surface area contributed by atoms with Crippen LogP contribution in [-0.4, -0.2) is 49.7 Å². The van der Waals surface area contributed by atoms with Crippen molar-refractivity contribution in [3.63, 3.8) is 0 Å². The fourth-order valence-corrected chi connectivity index (χ4v) is 3.67. The van der Waals surface area contributed by atoms with Gasteiger partial charge in [-0.2, -0.15) is 0 Å². The number of anilines is 1. The van der Waals surface area contributed by atoms with Crippen LogP contribution in [0.25, 0.3) is 0 Å². The van der Waals surface area contributed by atoms with E-state index in [0.717, 1.165) is 25.9 Å². The quantitative estimate of drug-likeness (QED) is 0.898. The molecule has 0 bridgehead atoms. The van der Waals surface area contributed by atoms with Crippen molar-refractivity contribution in [1.29, 1.82) is 0 Å². The van der Waals surface area contributed by atoms with Crippen LogP contribution < -0.4 is 5.32 Å². The zero-order valence-electron chi connectivity index (χ0n) is 14.3. The number of hydrogen-bond donors (Lipinski definition) is 1. The van der Waals surface area contributed by atoms with Crippen LogP contribution in [-0.2, 0) is 4.79 Å². The summed E-state index contributed by atoms with van der Waals surface area (Å²) in [6, 6.07) is 0.261. The molecule has 0 radical (unpaired) electrons. The molecule has 1 N–H and O–H groups in total. The summed E-state index contributed by atoms with van der Waals surface area (Å²) in [4.78, 5) is 19.1. The second kappa shape index (κ2) is 7.40. The van der Waals surface area contributed by atoms with E-state index in [-0.39, 0.29) is 11.9 Å². The lowest BCUT2D eigenvalue weighted by molar-refractivity contribution is -0.121. The van der Waals surface area contributed by atoms with Crippen LogP contribution in [0.5, 0.6) is 0 Å². The first kappa shape index (κ1) is 17.0. The van der Waals surface area contributed by atoms with Gasteiger partial charge in [0.2, 0.25) is 11.0 Å². The number of piperidine rings is 1. The Hall–Kier alpha value is -1.80. The van der Waals surface area contributed by atoms with Crippen LogP contribution in [0, 0.1) is 0 Å². The molecule has 8 heteroatoms. The summed E-state index contributed by atoms with van der Waals surface area (Å²) in [6.07, 6.45) is 6.00. The maximum absolute atomic E-state index is 12.3. The Kier molecular flexibility index (Phi) is 5.25. The molecule has 0 saturated carbocycles. The number of hydrogen-bond acceptors (Lipinski definition) is 6. The summed E-state index contributed by atoms with van der Waals surface area (Å²) < 4.78 is 2.26. The molecule has 130 valence electrons. The number of nitrogens with zero attached hydrogens (tertiary/aromatic N) is 5. The maximum Gasteiger partial charge on any atom is 0.243 e. The van der Waals surface area contributed by atoms with Crippen molar-refractivity contribution in [3.8, 4) is 0 Å². The van der Waals surface area contributed by atoms with E-state index < -0.39 is 0 Å². The Morgan fingerprint density at radius 1 is 1.33 bits per heavy atom.